The number of aromatic carboxylic acids is 1. The minimum absolute atomic E-state index is 0.0561. The lowest BCUT2D eigenvalue weighted by Gasteiger charge is -2.21. The average Bonchev–Trinajstić information content (AvgIpc) is 2.77. The zero-order chi connectivity index (χ0) is 22.1. The summed E-state index contributed by atoms with van der Waals surface area (Å²) < 4.78 is 1.68. The number of hydrogen-bond acceptors (Lipinski definition) is 3. The van der Waals surface area contributed by atoms with Crippen LogP contribution in [0, 0.1) is 6.92 Å². The first kappa shape index (κ1) is 20.4. The second-order valence-corrected chi connectivity index (χ2v) is 7.79. The highest BCUT2D eigenvalue weighted by molar-refractivity contribution is 5.94. The summed E-state index contributed by atoms with van der Waals surface area (Å²) in [6, 6.07) is 22.5. The molecule has 0 bridgehead atoms. The van der Waals surface area contributed by atoms with Crippen LogP contribution in [0.5, 0.6) is 0 Å². The molecule has 31 heavy (non-hydrogen) atoms. The first-order valence-electron chi connectivity index (χ1n) is 10.2. The number of carbonyl (C=O) groups is 1. The summed E-state index contributed by atoms with van der Waals surface area (Å²) in [4.78, 5) is 24.8. The topological polar surface area (TPSA) is 71.3 Å². The summed E-state index contributed by atoms with van der Waals surface area (Å²) in [6.07, 6.45) is 0. The van der Waals surface area contributed by atoms with Crippen LogP contribution in [0.25, 0.3) is 22.0 Å². The van der Waals surface area contributed by atoms with Gasteiger partial charge in [-0.25, -0.2) is 4.79 Å². The van der Waals surface area contributed by atoms with E-state index in [9.17, 15) is 14.7 Å². The van der Waals surface area contributed by atoms with Gasteiger partial charge in [-0.05, 0) is 60.2 Å². The maximum Gasteiger partial charge on any atom is 0.337 e. The number of nitrogens with one attached hydrogen (secondary N) is 1. The van der Waals surface area contributed by atoms with Gasteiger partial charge in [-0.3, -0.25) is 4.79 Å². The highest BCUT2D eigenvalue weighted by Crippen LogP contribution is 2.31. The Balaban J connectivity index is 1.89. The van der Waals surface area contributed by atoms with Gasteiger partial charge >= 0.3 is 5.97 Å². The lowest BCUT2D eigenvalue weighted by Crippen LogP contribution is -2.20. The SMILES string of the molecule is Cc1cc([C@@H](C)Nc2ccccc2C(=O)O)c2cc(-c3ccccc3)n(C)c(=O)c2c1. The van der Waals surface area contributed by atoms with E-state index in [4.69, 9.17) is 0 Å². The molecule has 0 radical (unpaired) electrons. The van der Waals surface area contributed by atoms with E-state index in [0.29, 0.717) is 11.1 Å². The van der Waals surface area contributed by atoms with Crippen LogP contribution in [0.2, 0.25) is 0 Å². The van der Waals surface area contributed by atoms with Gasteiger partial charge in [0.25, 0.3) is 5.56 Å². The van der Waals surface area contributed by atoms with E-state index in [1.54, 1.807) is 35.9 Å². The molecule has 0 saturated carbocycles. The lowest BCUT2D eigenvalue weighted by atomic mass is 9.95. The van der Waals surface area contributed by atoms with Gasteiger partial charge < -0.3 is 15.0 Å². The maximum absolute atomic E-state index is 13.2. The molecule has 3 aromatic carbocycles. The van der Waals surface area contributed by atoms with Gasteiger partial charge in [0.15, 0.2) is 0 Å². The molecule has 4 rings (SSSR count). The summed E-state index contributed by atoms with van der Waals surface area (Å²) in [6.45, 7) is 3.94. The number of fused-ring (bicyclic) bond motifs is 1. The molecule has 1 heterocycles. The van der Waals surface area contributed by atoms with Crippen molar-refractivity contribution in [2.24, 2.45) is 7.05 Å². The van der Waals surface area contributed by atoms with Crippen molar-refractivity contribution in [1.82, 2.24) is 4.57 Å². The third-order valence-corrected chi connectivity index (χ3v) is 5.60. The molecule has 0 unspecified atom stereocenters. The normalized spacial score (nSPS) is 12.0. The number of hydrogen-bond donors (Lipinski definition) is 2. The number of para-hydroxylation sites is 1. The monoisotopic (exact) mass is 412 g/mol. The van der Waals surface area contributed by atoms with E-state index in [-0.39, 0.29) is 17.2 Å². The second-order valence-electron chi connectivity index (χ2n) is 7.79. The summed E-state index contributed by atoms with van der Waals surface area (Å²) in [5.74, 6) is -0.982. The van der Waals surface area contributed by atoms with Crippen LogP contribution in [0.1, 0.15) is 34.5 Å². The summed E-state index contributed by atoms with van der Waals surface area (Å²) in [5, 5.41) is 14.4. The number of pyridine rings is 1. The van der Waals surface area contributed by atoms with E-state index in [2.05, 4.69) is 11.4 Å². The number of benzene rings is 3. The van der Waals surface area contributed by atoms with Crippen molar-refractivity contribution in [2.75, 3.05) is 5.32 Å². The number of carboxylic acids is 1. The molecule has 0 aliphatic rings. The van der Waals surface area contributed by atoms with E-state index in [1.807, 2.05) is 56.3 Å². The zero-order valence-corrected chi connectivity index (χ0v) is 17.7. The number of nitrogens with zero attached hydrogens (tertiary/aromatic N) is 1. The van der Waals surface area contributed by atoms with Gasteiger partial charge in [0.1, 0.15) is 0 Å². The molecule has 5 heteroatoms. The van der Waals surface area contributed by atoms with Gasteiger partial charge in [0, 0.05) is 24.2 Å². The number of aryl methyl sites for hydroxylation is 1. The molecule has 1 atom stereocenters. The fraction of sp³-hybridized carbons (Fsp3) is 0.154. The molecule has 1 aromatic heterocycles. The predicted octanol–water partition coefficient (Wildman–Crippen LogP) is 5.39. The van der Waals surface area contributed by atoms with Crippen molar-refractivity contribution < 1.29 is 9.90 Å². The molecule has 4 aromatic rings. The van der Waals surface area contributed by atoms with E-state index >= 15 is 0 Å². The van der Waals surface area contributed by atoms with E-state index in [0.717, 1.165) is 27.8 Å². The predicted molar refractivity (Wildman–Crippen MR) is 125 cm³/mol. The van der Waals surface area contributed by atoms with Crippen molar-refractivity contribution in [1.29, 1.82) is 0 Å². The third kappa shape index (κ3) is 3.82. The fourth-order valence-corrected chi connectivity index (χ4v) is 4.04. The molecule has 5 nitrogen and oxygen atoms in total. The number of rotatable bonds is 5. The molecule has 156 valence electrons. The second kappa shape index (κ2) is 8.11. The molecule has 0 aliphatic heterocycles. The van der Waals surface area contributed by atoms with E-state index < -0.39 is 5.97 Å². The van der Waals surface area contributed by atoms with Gasteiger partial charge in [-0.2, -0.15) is 0 Å². The Bertz CT molecular complexity index is 1340. The number of carboxylic acid groups (broad SMARTS) is 1. The first-order valence-corrected chi connectivity index (χ1v) is 10.2. The van der Waals surface area contributed by atoms with Gasteiger partial charge in [-0.15, -0.1) is 0 Å². The summed E-state index contributed by atoms with van der Waals surface area (Å²) >= 11 is 0. The Morgan fingerprint density at radius 2 is 1.65 bits per heavy atom. The molecular weight excluding hydrogens is 388 g/mol. The van der Waals surface area contributed by atoms with Crippen LogP contribution in [0.15, 0.2) is 77.6 Å². The van der Waals surface area contributed by atoms with Crippen LogP contribution < -0.4 is 10.9 Å². The molecule has 0 fully saturated rings. The summed E-state index contributed by atoms with van der Waals surface area (Å²) in [7, 11) is 1.79. The molecule has 0 amide bonds. The van der Waals surface area contributed by atoms with E-state index in [1.165, 1.54) is 0 Å². The van der Waals surface area contributed by atoms with Crippen LogP contribution >= 0.6 is 0 Å². The largest absolute Gasteiger partial charge is 0.478 e. The van der Waals surface area contributed by atoms with Crippen LogP contribution in [-0.2, 0) is 7.05 Å². The molecule has 0 spiro atoms. The Morgan fingerprint density at radius 3 is 2.35 bits per heavy atom. The van der Waals surface area contributed by atoms with Crippen LogP contribution in [0.3, 0.4) is 0 Å². The average molecular weight is 412 g/mol. The Hall–Kier alpha value is -3.86. The van der Waals surface area contributed by atoms with Crippen molar-refractivity contribution in [3.05, 3.63) is 99.8 Å². The smallest absolute Gasteiger partial charge is 0.337 e. The minimum Gasteiger partial charge on any atom is -0.478 e. The standard InChI is InChI=1S/C26H24N2O3/c1-16-13-20(17(2)27-23-12-8-7-11-19(23)26(30)31)21-15-24(18-9-5-4-6-10-18)28(3)25(29)22(21)14-16/h4-15,17,27H,1-3H3,(H,30,31)/t17-/m1/s1. The maximum atomic E-state index is 13.2. The van der Waals surface area contributed by atoms with Crippen LogP contribution in [0.4, 0.5) is 5.69 Å². The van der Waals surface area contributed by atoms with Gasteiger partial charge in [-0.1, -0.05) is 48.5 Å². The molecule has 0 aliphatic carbocycles. The lowest BCUT2D eigenvalue weighted by molar-refractivity contribution is 0.0698. The molecular formula is C26H24N2O3. The van der Waals surface area contributed by atoms with Gasteiger partial charge in [0.2, 0.25) is 0 Å². The molecule has 0 saturated heterocycles. The van der Waals surface area contributed by atoms with Gasteiger partial charge in [0.05, 0.1) is 11.3 Å². The van der Waals surface area contributed by atoms with Crippen LogP contribution in [-0.4, -0.2) is 15.6 Å². The Labute approximate surface area is 180 Å². The van der Waals surface area contributed by atoms with Crippen molar-refractivity contribution in [3.63, 3.8) is 0 Å². The van der Waals surface area contributed by atoms with Crippen molar-refractivity contribution in [3.8, 4) is 11.3 Å². The molecule has 2 N–H and O–H groups in total. The van der Waals surface area contributed by atoms with Crippen molar-refractivity contribution in [2.45, 2.75) is 19.9 Å². The number of aromatic nitrogens is 1. The summed E-state index contributed by atoms with van der Waals surface area (Å²) in [5.41, 5.74) is 4.43. The fourth-order valence-electron chi connectivity index (χ4n) is 4.04. The van der Waals surface area contributed by atoms with Crippen molar-refractivity contribution >= 4 is 22.4 Å². The zero-order valence-electron chi connectivity index (χ0n) is 17.7. The Kier molecular flexibility index (Phi) is 5.34. The Morgan fingerprint density at radius 1 is 0.968 bits per heavy atom. The highest BCUT2D eigenvalue weighted by atomic mass is 16.4. The quantitative estimate of drug-likeness (QED) is 0.461. The number of anilines is 1. The highest BCUT2D eigenvalue weighted by Gasteiger charge is 2.17. The third-order valence-electron chi connectivity index (χ3n) is 5.60. The first-order chi connectivity index (χ1) is 14.9. The minimum atomic E-state index is -0.982.